The highest BCUT2D eigenvalue weighted by Gasteiger charge is 2.63. The van der Waals surface area contributed by atoms with Gasteiger partial charge in [0.25, 0.3) is 0 Å². The maximum Gasteiger partial charge on any atom is 0.187 e. The number of hydrogen-bond donors (Lipinski definition) is 2. The molecular formula is C8H10O4. The Balaban J connectivity index is 2.33. The zero-order chi connectivity index (χ0) is 8.93. The molecule has 1 fully saturated rings. The molecule has 12 heavy (non-hydrogen) atoms. The van der Waals surface area contributed by atoms with Crippen molar-refractivity contribution >= 4 is 5.78 Å². The lowest BCUT2D eigenvalue weighted by Crippen LogP contribution is -2.38. The number of aliphatic hydroxyl groups excluding tert-OH is 2. The summed E-state index contributed by atoms with van der Waals surface area (Å²) in [5.74, 6) is -0.160. The highest BCUT2D eigenvalue weighted by Crippen LogP contribution is 2.45. The largest absolute Gasteiger partial charge is 0.392 e. The van der Waals surface area contributed by atoms with E-state index in [2.05, 4.69) is 0 Å². The molecule has 0 aromatic rings. The Labute approximate surface area is 69.5 Å². The number of hydrogen-bond acceptors (Lipinski definition) is 4. The van der Waals surface area contributed by atoms with Gasteiger partial charge in [-0.2, -0.15) is 0 Å². The van der Waals surface area contributed by atoms with Gasteiger partial charge in [0.15, 0.2) is 11.9 Å². The SMILES string of the molecule is CC12OC1C(=O)C=C(CO)C2O. The van der Waals surface area contributed by atoms with Gasteiger partial charge in [0.2, 0.25) is 0 Å². The standard InChI is InChI=1S/C8H10O4/c1-8-6(11)4(3-9)2-5(10)7(8)12-8/h2,6-7,9,11H,3H2,1H3. The van der Waals surface area contributed by atoms with Gasteiger partial charge in [-0.15, -0.1) is 0 Å². The van der Waals surface area contributed by atoms with Crippen molar-refractivity contribution in [1.82, 2.24) is 0 Å². The second-order valence-electron chi connectivity index (χ2n) is 3.36. The van der Waals surface area contributed by atoms with E-state index in [1.54, 1.807) is 6.92 Å². The van der Waals surface area contributed by atoms with Gasteiger partial charge in [-0.25, -0.2) is 0 Å². The molecule has 0 radical (unpaired) electrons. The summed E-state index contributed by atoms with van der Waals surface area (Å²) < 4.78 is 5.06. The van der Waals surface area contributed by atoms with E-state index in [9.17, 15) is 9.90 Å². The number of carbonyl (C=O) groups is 1. The molecule has 1 heterocycles. The zero-order valence-electron chi connectivity index (χ0n) is 6.65. The van der Waals surface area contributed by atoms with Crippen LogP contribution in [-0.2, 0) is 9.53 Å². The summed E-state index contributed by atoms with van der Waals surface area (Å²) in [4.78, 5) is 11.1. The molecule has 0 saturated carbocycles. The molecule has 1 aliphatic heterocycles. The highest BCUT2D eigenvalue weighted by molar-refractivity contribution is 5.99. The number of carbonyl (C=O) groups excluding carboxylic acids is 1. The van der Waals surface area contributed by atoms with E-state index in [0.29, 0.717) is 5.57 Å². The predicted molar refractivity (Wildman–Crippen MR) is 39.5 cm³/mol. The third kappa shape index (κ3) is 0.798. The average molecular weight is 170 g/mol. The van der Waals surface area contributed by atoms with Gasteiger partial charge < -0.3 is 14.9 Å². The maximum absolute atomic E-state index is 11.1. The average Bonchev–Trinajstić information content (AvgIpc) is 2.73. The smallest absolute Gasteiger partial charge is 0.187 e. The monoisotopic (exact) mass is 170 g/mol. The van der Waals surface area contributed by atoms with Crippen LogP contribution in [0.3, 0.4) is 0 Å². The molecule has 0 spiro atoms. The van der Waals surface area contributed by atoms with Crippen molar-refractivity contribution in [3.63, 3.8) is 0 Å². The third-order valence-electron chi connectivity index (χ3n) is 2.50. The maximum atomic E-state index is 11.1. The van der Waals surface area contributed by atoms with E-state index < -0.39 is 17.8 Å². The fraction of sp³-hybridized carbons (Fsp3) is 0.625. The number of epoxide rings is 1. The number of fused-ring (bicyclic) bond motifs is 1. The van der Waals surface area contributed by atoms with Gasteiger partial charge in [-0.05, 0) is 18.6 Å². The molecule has 4 nitrogen and oxygen atoms in total. The molecule has 0 amide bonds. The molecule has 0 aromatic heterocycles. The minimum atomic E-state index is -0.842. The molecule has 3 atom stereocenters. The Morgan fingerprint density at radius 3 is 3.00 bits per heavy atom. The van der Waals surface area contributed by atoms with Crippen molar-refractivity contribution in [2.75, 3.05) is 6.61 Å². The van der Waals surface area contributed by atoms with Gasteiger partial charge in [0.05, 0.1) is 6.61 Å². The van der Waals surface area contributed by atoms with Crippen molar-refractivity contribution in [3.05, 3.63) is 11.6 Å². The molecule has 0 aromatic carbocycles. The molecule has 3 unspecified atom stereocenters. The normalized spacial score (nSPS) is 45.2. The number of ether oxygens (including phenoxy) is 1. The predicted octanol–water partition coefficient (Wildman–Crippen LogP) is -0.994. The molecule has 4 heteroatoms. The van der Waals surface area contributed by atoms with Gasteiger partial charge in [0.1, 0.15) is 11.7 Å². The fourth-order valence-corrected chi connectivity index (χ4v) is 1.61. The topological polar surface area (TPSA) is 70.1 Å². The molecule has 2 rings (SSSR count). The molecular weight excluding hydrogens is 160 g/mol. The quantitative estimate of drug-likeness (QED) is 0.495. The molecule has 1 saturated heterocycles. The van der Waals surface area contributed by atoms with Crippen LogP contribution in [0.25, 0.3) is 0 Å². The minimum Gasteiger partial charge on any atom is -0.392 e. The first kappa shape index (κ1) is 7.91. The van der Waals surface area contributed by atoms with Crippen molar-refractivity contribution in [2.24, 2.45) is 0 Å². The molecule has 0 bridgehead atoms. The van der Waals surface area contributed by atoms with Crippen LogP contribution in [0.5, 0.6) is 0 Å². The molecule has 2 N–H and O–H groups in total. The number of aliphatic hydroxyl groups is 2. The van der Waals surface area contributed by atoms with Crippen LogP contribution in [0.15, 0.2) is 11.6 Å². The lowest BCUT2D eigenvalue weighted by atomic mass is 9.87. The highest BCUT2D eigenvalue weighted by atomic mass is 16.6. The second-order valence-corrected chi connectivity index (χ2v) is 3.36. The van der Waals surface area contributed by atoms with Gasteiger partial charge in [0, 0.05) is 0 Å². The first-order valence-corrected chi connectivity index (χ1v) is 3.80. The number of ketones is 1. The van der Waals surface area contributed by atoms with Crippen molar-refractivity contribution in [1.29, 1.82) is 0 Å². The number of rotatable bonds is 1. The Bertz CT molecular complexity index is 270. The summed E-state index contributed by atoms with van der Waals surface area (Å²) in [6.45, 7) is 1.38. The van der Waals surface area contributed by atoms with E-state index in [0.717, 1.165) is 0 Å². The second kappa shape index (κ2) is 2.16. The van der Waals surface area contributed by atoms with Crippen LogP contribution in [0.4, 0.5) is 0 Å². The summed E-state index contributed by atoms with van der Waals surface area (Å²) in [6, 6.07) is 0. The zero-order valence-corrected chi connectivity index (χ0v) is 6.65. The summed E-state index contributed by atoms with van der Waals surface area (Å²) in [5, 5.41) is 18.3. The van der Waals surface area contributed by atoms with Crippen LogP contribution in [-0.4, -0.2) is 40.4 Å². The van der Waals surface area contributed by atoms with E-state index >= 15 is 0 Å². The summed E-state index contributed by atoms with van der Waals surface area (Å²) in [5.41, 5.74) is -0.430. The summed E-state index contributed by atoms with van der Waals surface area (Å²) >= 11 is 0. The molecule has 1 aliphatic carbocycles. The van der Waals surface area contributed by atoms with Crippen molar-refractivity contribution < 1.29 is 19.7 Å². The van der Waals surface area contributed by atoms with Crippen LogP contribution >= 0.6 is 0 Å². The van der Waals surface area contributed by atoms with Crippen LogP contribution < -0.4 is 0 Å². The van der Waals surface area contributed by atoms with Gasteiger partial charge >= 0.3 is 0 Å². The Morgan fingerprint density at radius 1 is 1.75 bits per heavy atom. The first-order chi connectivity index (χ1) is 5.59. The Kier molecular flexibility index (Phi) is 1.42. The Hall–Kier alpha value is -0.710. The van der Waals surface area contributed by atoms with E-state index in [1.807, 2.05) is 0 Å². The third-order valence-corrected chi connectivity index (χ3v) is 2.50. The summed E-state index contributed by atoms with van der Waals surface area (Å²) in [6.07, 6.45) is -0.0719. The van der Waals surface area contributed by atoms with Crippen molar-refractivity contribution in [2.45, 2.75) is 24.7 Å². The van der Waals surface area contributed by atoms with Gasteiger partial charge in [-0.3, -0.25) is 4.79 Å². The van der Waals surface area contributed by atoms with Crippen molar-refractivity contribution in [3.8, 4) is 0 Å². The minimum absolute atomic E-state index is 0.160. The van der Waals surface area contributed by atoms with Crippen LogP contribution in [0.2, 0.25) is 0 Å². The summed E-state index contributed by atoms with van der Waals surface area (Å²) in [7, 11) is 0. The van der Waals surface area contributed by atoms with E-state index in [-0.39, 0.29) is 12.4 Å². The van der Waals surface area contributed by atoms with E-state index in [4.69, 9.17) is 9.84 Å². The van der Waals surface area contributed by atoms with Gasteiger partial charge in [-0.1, -0.05) is 0 Å². The Morgan fingerprint density at radius 2 is 2.42 bits per heavy atom. The van der Waals surface area contributed by atoms with Crippen LogP contribution in [0, 0.1) is 0 Å². The lowest BCUT2D eigenvalue weighted by molar-refractivity contribution is -0.116. The first-order valence-electron chi connectivity index (χ1n) is 3.80. The van der Waals surface area contributed by atoms with E-state index in [1.165, 1.54) is 6.08 Å². The molecule has 2 aliphatic rings. The molecule has 66 valence electrons. The lowest BCUT2D eigenvalue weighted by Gasteiger charge is -2.20. The fourth-order valence-electron chi connectivity index (χ4n) is 1.61. The van der Waals surface area contributed by atoms with Crippen LogP contribution in [0.1, 0.15) is 6.92 Å².